The Balaban J connectivity index is 1.73. The van der Waals surface area contributed by atoms with Crippen LogP contribution in [0, 0.1) is 0 Å². The molecular weight excluding hydrogens is 442 g/mol. The number of rotatable bonds is 7. The van der Waals surface area contributed by atoms with Crippen LogP contribution in [0.15, 0.2) is 64.5 Å². The number of aromatic hydroxyl groups is 1. The summed E-state index contributed by atoms with van der Waals surface area (Å²) >= 11 is 1.11. The van der Waals surface area contributed by atoms with Gasteiger partial charge in [0.1, 0.15) is 5.75 Å². The Bertz CT molecular complexity index is 1180. The molecule has 2 aromatic carbocycles. The number of ether oxygens (including phenoxy) is 2. The van der Waals surface area contributed by atoms with Crippen molar-refractivity contribution in [2.75, 3.05) is 39.2 Å². The minimum atomic E-state index is -0.405. The summed E-state index contributed by atoms with van der Waals surface area (Å²) in [6, 6.07) is 16.5. The van der Waals surface area contributed by atoms with Crippen molar-refractivity contribution in [1.82, 2.24) is 14.5 Å². The number of thioether (sulfide) groups is 1. The first-order valence-corrected chi connectivity index (χ1v) is 11.6. The van der Waals surface area contributed by atoms with Crippen molar-refractivity contribution in [3.05, 3.63) is 76.1 Å². The maximum atomic E-state index is 13.6. The maximum absolute atomic E-state index is 13.6. The third-order valence-electron chi connectivity index (χ3n) is 5.36. The Morgan fingerprint density at radius 3 is 2.55 bits per heavy atom. The molecule has 4 rings (SSSR count). The SMILES string of the molecule is COc1ccccc1-n1c(SCC(=O)N2CCOCC2)nc(O)c(Cc2ccccc2)c1=O. The topological polar surface area (TPSA) is 93.9 Å². The summed E-state index contributed by atoms with van der Waals surface area (Å²) in [5.41, 5.74) is 1.14. The first kappa shape index (κ1) is 22.9. The van der Waals surface area contributed by atoms with Gasteiger partial charge in [-0.2, -0.15) is 4.98 Å². The molecule has 0 bridgehead atoms. The third-order valence-corrected chi connectivity index (χ3v) is 6.29. The highest BCUT2D eigenvalue weighted by atomic mass is 32.2. The van der Waals surface area contributed by atoms with E-state index >= 15 is 0 Å². The van der Waals surface area contributed by atoms with Gasteiger partial charge in [-0.25, -0.2) is 0 Å². The summed E-state index contributed by atoms with van der Waals surface area (Å²) < 4.78 is 12.2. The van der Waals surface area contributed by atoms with Gasteiger partial charge >= 0.3 is 0 Å². The molecule has 3 aromatic rings. The highest BCUT2D eigenvalue weighted by Crippen LogP contribution is 2.28. The smallest absolute Gasteiger partial charge is 0.266 e. The molecule has 0 unspecified atom stereocenters. The molecule has 1 saturated heterocycles. The van der Waals surface area contributed by atoms with Crippen LogP contribution in [-0.2, 0) is 16.0 Å². The minimum absolute atomic E-state index is 0.0722. The fourth-order valence-electron chi connectivity index (χ4n) is 3.63. The number of benzene rings is 2. The Hall–Kier alpha value is -3.30. The van der Waals surface area contributed by atoms with Crippen LogP contribution in [0.4, 0.5) is 0 Å². The molecule has 0 radical (unpaired) electrons. The molecule has 1 aliphatic rings. The molecule has 172 valence electrons. The molecule has 0 spiro atoms. The first-order valence-electron chi connectivity index (χ1n) is 10.6. The van der Waals surface area contributed by atoms with Crippen LogP contribution < -0.4 is 10.3 Å². The second kappa shape index (κ2) is 10.5. The highest BCUT2D eigenvalue weighted by molar-refractivity contribution is 7.99. The van der Waals surface area contributed by atoms with Gasteiger partial charge in [-0.15, -0.1) is 0 Å². The van der Waals surface area contributed by atoms with E-state index in [1.165, 1.54) is 11.7 Å². The summed E-state index contributed by atoms with van der Waals surface area (Å²) in [4.78, 5) is 32.3. The minimum Gasteiger partial charge on any atom is -0.495 e. The van der Waals surface area contributed by atoms with E-state index in [0.29, 0.717) is 37.7 Å². The highest BCUT2D eigenvalue weighted by Gasteiger charge is 2.23. The lowest BCUT2D eigenvalue weighted by Crippen LogP contribution is -2.41. The van der Waals surface area contributed by atoms with E-state index in [1.54, 1.807) is 29.2 Å². The van der Waals surface area contributed by atoms with Crippen LogP contribution in [-0.4, -0.2) is 64.6 Å². The lowest BCUT2D eigenvalue weighted by molar-refractivity contribution is -0.132. The van der Waals surface area contributed by atoms with E-state index in [2.05, 4.69) is 4.98 Å². The van der Waals surface area contributed by atoms with Crippen LogP contribution in [0.3, 0.4) is 0 Å². The lowest BCUT2D eigenvalue weighted by atomic mass is 10.1. The van der Waals surface area contributed by atoms with Gasteiger partial charge in [0.25, 0.3) is 5.56 Å². The Morgan fingerprint density at radius 1 is 1.12 bits per heavy atom. The number of amides is 1. The predicted molar refractivity (Wildman–Crippen MR) is 125 cm³/mol. The van der Waals surface area contributed by atoms with Gasteiger partial charge in [0.15, 0.2) is 5.16 Å². The fourth-order valence-corrected chi connectivity index (χ4v) is 4.53. The summed E-state index contributed by atoms with van der Waals surface area (Å²) in [7, 11) is 1.53. The van der Waals surface area contributed by atoms with Crippen molar-refractivity contribution >= 4 is 17.7 Å². The van der Waals surface area contributed by atoms with Crippen LogP contribution in [0.1, 0.15) is 11.1 Å². The lowest BCUT2D eigenvalue weighted by Gasteiger charge is -2.26. The second-order valence-electron chi connectivity index (χ2n) is 7.45. The number of para-hydroxylation sites is 2. The van der Waals surface area contributed by atoms with Gasteiger partial charge in [0.05, 0.1) is 37.3 Å². The van der Waals surface area contributed by atoms with E-state index in [9.17, 15) is 14.7 Å². The number of hydrogen-bond acceptors (Lipinski definition) is 7. The molecule has 0 saturated carbocycles. The molecular formula is C24H25N3O5S. The normalized spacial score (nSPS) is 13.7. The van der Waals surface area contributed by atoms with Crippen molar-refractivity contribution in [2.24, 2.45) is 0 Å². The van der Waals surface area contributed by atoms with E-state index in [1.807, 2.05) is 30.3 Å². The molecule has 8 nitrogen and oxygen atoms in total. The van der Waals surface area contributed by atoms with Crippen molar-refractivity contribution < 1.29 is 19.4 Å². The van der Waals surface area contributed by atoms with Crippen LogP contribution in [0.2, 0.25) is 0 Å². The molecule has 0 atom stereocenters. The van der Waals surface area contributed by atoms with E-state index < -0.39 is 5.56 Å². The van der Waals surface area contributed by atoms with Gasteiger partial charge in [-0.1, -0.05) is 54.2 Å². The molecule has 1 aromatic heterocycles. The molecule has 0 aliphatic carbocycles. The van der Waals surface area contributed by atoms with Crippen molar-refractivity contribution in [3.63, 3.8) is 0 Å². The molecule has 1 aliphatic heterocycles. The van der Waals surface area contributed by atoms with Crippen molar-refractivity contribution in [1.29, 1.82) is 0 Å². The predicted octanol–water partition coefficient (Wildman–Crippen LogP) is 2.49. The quantitative estimate of drug-likeness (QED) is 0.421. The average Bonchev–Trinajstić information content (AvgIpc) is 2.86. The number of hydrogen-bond donors (Lipinski definition) is 1. The standard InChI is InChI=1S/C24H25N3O5S/c1-31-20-10-6-5-9-19(20)27-23(30)18(15-17-7-3-2-4-8-17)22(29)25-24(27)33-16-21(28)26-11-13-32-14-12-26/h2-10,29H,11-16H2,1H3. The van der Waals surface area contributed by atoms with Gasteiger partial charge < -0.3 is 19.5 Å². The Labute approximate surface area is 195 Å². The van der Waals surface area contributed by atoms with Gasteiger partial charge in [-0.3, -0.25) is 14.2 Å². The summed E-state index contributed by atoms with van der Waals surface area (Å²) in [6.45, 7) is 2.09. The van der Waals surface area contributed by atoms with E-state index in [0.717, 1.165) is 17.3 Å². The Morgan fingerprint density at radius 2 is 1.82 bits per heavy atom. The monoisotopic (exact) mass is 467 g/mol. The molecule has 1 fully saturated rings. The fraction of sp³-hybridized carbons (Fsp3) is 0.292. The summed E-state index contributed by atoms with van der Waals surface area (Å²) in [5.74, 6) is 0.159. The van der Waals surface area contributed by atoms with E-state index in [-0.39, 0.29) is 34.7 Å². The number of morpholine rings is 1. The zero-order chi connectivity index (χ0) is 23.2. The van der Waals surface area contributed by atoms with Crippen LogP contribution >= 0.6 is 11.8 Å². The largest absolute Gasteiger partial charge is 0.495 e. The summed E-state index contributed by atoms with van der Waals surface area (Å²) in [5, 5.41) is 10.9. The molecule has 33 heavy (non-hydrogen) atoms. The zero-order valence-corrected chi connectivity index (χ0v) is 19.1. The summed E-state index contributed by atoms with van der Waals surface area (Å²) in [6.07, 6.45) is 0.227. The number of methoxy groups -OCH3 is 1. The number of nitrogens with zero attached hydrogens (tertiary/aromatic N) is 3. The molecule has 9 heteroatoms. The number of aromatic nitrogens is 2. The molecule has 1 N–H and O–H groups in total. The third kappa shape index (κ3) is 5.20. The molecule has 2 heterocycles. The van der Waals surface area contributed by atoms with Crippen molar-refractivity contribution in [3.8, 4) is 17.3 Å². The van der Waals surface area contributed by atoms with Crippen LogP contribution in [0.25, 0.3) is 5.69 Å². The van der Waals surface area contributed by atoms with Gasteiger partial charge in [0.2, 0.25) is 11.8 Å². The van der Waals surface area contributed by atoms with Crippen LogP contribution in [0.5, 0.6) is 11.6 Å². The zero-order valence-electron chi connectivity index (χ0n) is 18.3. The number of carbonyl (C=O) groups is 1. The van der Waals surface area contributed by atoms with E-state index in [4.69, 9.17) is 9.47 Å². The Kier molecular flexibility index (Phi) is 7.31. The van der Waals surface area contributed by atoms with Crippen molar-refractivity contribution in [2.45, 2.75) is 11.6 Å². The maximum Gasteiger partial charge on any atom is 0.266 e. The van der Waals surface area contributed by atoms with Gasteiger partial charge in [-0.05, 0) is 17.7 Å². The second-order valence-corrected chi connectivity index (χ2v) is 8.40. The molecule has 1 amide bonds. The number of carbonyl (C=O) groups excluding carboxylic acids is 1. The average molecular weight is 468 g/mol. The van der Waals surface area contributed by atoms with Gasteiger partial charge in [0, 0.05) is 19.5 Å². The first-order chi connectivity index (χ1) is 16.1.